The van der Waals surface area contributed by atoms with E-state index in [1.165, 1.54) is 19.1 Å². The third-order valence-electron chi connectivity index (χ3n) is 9.71. The predicted octanol–water partition coefficient (Wildman–Crippen LogP) is 4.07. The molecule has 2 fully saturated rings. The largest absolute Gasteiger partial charge is 0.497 e. The summed E-state index contributed by atoms with van der Waals surface area (Å²) in [5.74, 6) is -0.995. The van der Waals surface area contributed by atoms with Crippen LogP contribution in [0.3, 0.4) is 0 Å². The summed E-state index contributed by atoms with van der Waals surface area (Å²) in [6, 6.07) is 16.1. The number of benzene rings is 3. The lowest BCUT2D eigenvalue weighted by Gasteiger charge is -2.33. The second-order valence-electron chi connectivity index (χ2n) is 13.7. The molecule has 51 heavy (non-hydrogen) atoms. The van der Waals surface area contributed by atoms with Gasteiger partial charge in [0.25, 0.3) is 0 Å². The summed E-state index contributed by atoms with van der Waals surface area (Å²) in [6.45, 7) is 2.08. The zero-order chi connectivity index (χ0) is 36.5. The van der Waals surface area contributed by atoms with Crippen molar-refractivity contribution in [2.45, 2.75) is 82.1 Å². The van der Waals surface area contributed by atoms with Gasteiger partial charge in [-0.1, -0.05) is 37.1 Å². The van der Waals surface area contributed by atoms with Gasteiger partial charge in [0.15, 0.2) is 0 Å². The number of likely N-dealkylation sites (tertiary alicyclic amines) is 1. The number of nitrogens with zero attached hydrogens (tertiary/aromatic N) is 1. The van der Waals surface area contributed by atoms with Gasteiger partial charge in [0.05, 0.1) is 26.4 Å². The van der Waals surface area contributed by atoms with Crippen molar-refractivity contribution in [3.8, 4) is 11.5 Å². The average molecular weight is 707 g/mol. The van der Waals surface area contributed by atoms with E-state index in [-0.39, 0.29) is 43.3 Å². The predicted molar refractivity (Wildman–Crippen MR) is 188 cm³/mol. The number of rotatable bonds is 18. The molecule has 0 spiro atoms. The van der Waals surface area contributed by atoms with Crippen molar-refractivity contribution >= 4 is 17.7 Å². The second-order valence-corrected chi connectivity index (χ2v) is 13.7. The number of methoxy groups -OCH3 is 2. The fourth-order valence-electron chi connectivity index (χ4n) is 6.99. The standard InChI is InChI=1S/C39H48F2N4O6/c1-25(46)44-39(22-27-10-11-27)14-15-45(38(39)49)35(13-12-26-6-4-8-32(18-26)50-2)37(48)43-34(20-29-16-30(40)21-31(41)17-29)36(47)24-42-23-28-7-5-9-33(19-28)51-3/h4-9,16-19,21,27,34-36,42,47H,10-15,20,22-24H2,1-3H3,(H,43,48)(H,44,46)/t34-,35-,36+,39-/m0/s1. The second kappa shape index (κ2) is 17.1. The number of aliphatic hydroxyl groups is 1. The SMILES string of the molecule is COc1cccc(CC[C@@H](C(=O)N[C@@H](Cc2cc(F)cc(F)c2)[C@H](O)CNCc2cccc(OC)c2)N2CC[C@@](CC3CC3)(NC(C)=O)C2=O)c1. The Balaban J connectivity index is 1.39. The van der Waals surface area contributed by atoms with E-state index in [2.05, 4.69) is 16.0 Å². The van der Waals surface area contributed by atoms with E-state index in [0.717, 1.165) is 30.0 Å². The van der Waals surface area contributed by atoms with Crippen molar-refractivity contribution in [1.82, 2.24) is 20.9 Å². The van der Waals surface area contributed by atoms with Crippen molar-refractivity contribution in [2.75, 3.05) is 27.3 Å². The van der Waals surface area contributed by atoms with Gasteiger partial charge in [-0.25, -0.2) is 8.78 Å². The number of halogens is 2. The van der Waals surface area contributed by atoms with Crippen LogP contribution in [0.2, 0.25) is 0 Å². The van der Waals surface area contributed by atoms with E-state index in [1.807, 2.05) is 48.5 Å². The number of aryl methyl sites for hydroxylation is 1. The minimum absolute atomic E-state index is 0.0457. The molecule has 12 heteroatoms. The highest BCUT2D eigenvalue weighted by molar-refractivity contribution is 5.96. The normalized spacial score (nSPS) is 18.9. The molecule has 1 aliphatic heterocycles. The molecule has 5 rings (SSSR count). The lowest BCUT2D eigenvalue weighted by molar-refractivity contribution is -0.143. The van der Waals surface area contributed by atoms with E-state index < -0.39 is 41.3 Å². The fourth-order valence-corrected chi connectivity index (χ4v) is 6.99. The van der Waals surface area contributed by atoms with E-state index in [1.54, 1.807) is 19.1 Å². The maximum absolute atomic E-state index is 14.4. The first-order valence-corrected chi connectivity index (χ1v) is 17.5. The Kier molecular flexibility index (Phi) is 12.6. The molecule has 1 heterocycles. The van der Waals surface area contributed by atoms with Gasteiger partial charge >= 0.3 is 0 Å². The number of ether oxygens (including phenoxy) is 2. The van der Waals surface area contributed by atoms with E-state index in [9.17, 15) is 28.3 Å². The summed E-state index contributed by atoms with van der Waals surface area (Å²) < 4.78 is 39.2. The number of amides is 3. The van der Waals surface area contributed by atoms with Gasteiger partial charge in [0.1, 0.15) is 34.7 Å². The number of hydrogen-bond donors (Lipinski definition) is 4. The maximum atomic E-state index is 14.4. The van der Waals surface area contributed by atoms with Crippen LogP contribution in [0.25, 0.3) is 0 Å². The van der Waals surface area contributed by atoms with Crippen molar-refractivity contribution < 1.29 is 37.7 Å². The van der Waals surface area contributed by atoms with Gasteiger partial charge in [0.2, 0.25) is 17.7 Å². The van der Waals surface area contributed by atoms with Gasteiger partial charge in [-0.15, -0.1) is 0 Å². The number of hydrogen-bond acceptors (Lipinski definition) is 7. The van der Waals surface area contributed by atoms with E-state index >= 15 is 0 Å². The summed E-state index contributed by atoms with van der Waals surface area (Å²) in [4.78, 5) is 42.5. The molecule has 274 valence electrons. The van der Waals surface area contributed by atoms with E-state index in [4.69, 9.17) is 9.47 Å². The van der Waals surface area contributed by atoms with Crippen LogP contribution in [-0.4, -0.2) is 78.8 Å². The van der Waals surface area contributed by atoms with Crippen LogP contribution < -0.4 is 25.4 Å². The summed E-state index contributed by atoms with van der Waals surface area (Å²) in [5, 5.41) is 20.5. The zero-order valence-corrected chi connectivity index (χ0v) is 29.4. The van der Waals surface area contributed by atoms with Crippen molar-refractivity contribution in [1.29, 1.82) is 0 Å². The first kappa shape index (κ1) is 37.7. The Morgan fingerprint density at radius 3 is 2.24 bits per heavy atom. The minimum Gasteiger partial charge on any atom is -0.497 e. The molecule has 0 radical (unpaired) electrons. The molecule has 0 bridgehead atoms. The van der Waals surface area contributed by atoms with Crippen LogP contribution in [0.5, 0.6) is 11.5 Å². The lowest BCUT2D eigenvalue weighted by atomic mass is 9.90. The number of carbonyl (C=O) groups is 3. The van der Waals surface area contributed by atoms with E-state index in [0.29, 0.717) is 43.2 Å². The molecule has 10 nitrogen and oxygen atoms in total. The molecule has 3 aromatic rings. The molecule has 0 aromatic heterocycles. The summed E-state index contributed by atoms with van der Waals surface area (Å²) in [5.41, 5.74) is 0.972. The van der Waals surface area contributed by atoms with Crippen molar-refractivity contribution in [2.24, 2.45) is 5.92 Å². The molecular weight excluding hydrogens is 658 g/mol. The first-order chi connectivity index (χ1) is 24.5. The Morgan fingerprint density at radius 1 is 0.961 bits per heavy atom. The first-order valence-electron chi connectivity index (χ1n) is 17.5. The van der Waals surface area contributed by atoms with Crippen molar-refractivity contribution in [3.63, 3.8) is 0 Å². The van der Waals surface area contributed by atoms with Crippen LogP contribution in [0, 0.1) is 17.6 Å². The molecule has 0 unspecified atom stereocenters. The van der Waals surface area contributed by atoms with Gasteiger partial charge in [0, 0.05) is 32.6 Å². The molecule has 1 aliphatic carbocycles. The molecule has 3 aromatic carbocycles. The van der Waals surface area contributed by atoms with Gasteiger partial charge in [-0.05, 0) is 91.1 Å². The lowest BCUT2D eigenvalue weighted by Crippen LogP contribution is -2.59. The molecule has 3 amide bonds. The quantitative estimate of drug-likeness (QED) is 0.157. The topological polar surface area (TPSA) is 129 Å². The highest BCUT2D eigenvalue weighted by Crippen LogP contribution is 2.41. The van der Waals surface area contributed by atoms with Crippen LogP contribution in [0.15, 0.2) is 66.7 Å². The number of carbonyl (C=O) groups excluding carboxylic acids is 3. The molecule has 1 saturated heterocycles. The van der Waals surface area contributed by atoms with Crippen LogP contribution >= 0.6 is 0 Å². The molecular formula is C39H48F2N4O6. The smallest absolute Gasteiger partial charge is 0.249 e. The average Bonchev–Trinajstić information content (AvgIpc) is 3.86. The fraction of sp³-hybridized carbons (Fsp3) is 0.462. The number of aliphatic hydroxyl groups excluding tert-OH is 1. The van der Waals surface area contributed by atoms with Crippen molar-refractivity contribution in [3.05, 3.63) is 95.1 Å². The monoisotopic (exact) mass is 706 g/mol. The van der Waals surface area contributed by atoms with Gasteiger partial charge < -0.3 is 35.4 Å². The Bertz CT molecular complexity index is 1670. The molecule has 4 N–H and O–H groups in total. The number of nitrogens with one attached hydrogen (secondary N) is 3. The molecule has 1 saturated carbocycles. The third kappa shape index (κ3) is 10.3. The highest BCUT2D eigenvalue weighted by atomic mass is 19.1. The Morgan fingerprint density at radius 2 is 1.61 bits per heavy atom. The van der Waals surface area contributed by atoms with Crippen LogP contribution in [0.1, 0.15) is 55.7 Å². The molecule has 2 aliphatic rings. The van der Waals surface area contributed by atoms with Gasteiger partial charge in [-0.3, -0.25) is 14.4 Å². The van der Waals surface area contributed by atoms with Gasteiger partial charge in [-0.2, -0.15) is 0 Å². The zero-order valence-electron chi connectivity index (χ0n) is 29.4. The Labute approximate surface area is 297 Å². The minimum atomic E-state index is -1.17. The summed E-state index contributed by atoms with van der Waals surface area (Å²) >= 11 is 0. The maximum Gasteiger partial charge on any atom is 0.249 e. The highest BCUT2D eigenvalue weighted by Gasteiger charge is 2.52. The summed E-state index contributed by atoms with van der Waals surface area (Å²) in [7, 11) is 3.15. The molecule has 4 atom stereocenters. The third-order valence-corrected chi connectivity index (χ3v) is 9.71. The van der Waals surface area contributed by atoms with Crippen LogP contribution in [0.4, 0.5) is 8.78 Å². The Hall–Kier alpha value is -4.55. The van der Waals surface area contributed by atoms with Crippen LogP contribution in [-0.2, 0) is 33.8 Å². The summed E-state index contributed by atoms with van der Waals surface area (Å²) in [6.07, 6.45) is 2.28.